The molecule has 0 saturated heterocycles. The molecular weight excluding hydrogens is 342 g/mol. The Hall–Kier alpha value is -3.15. The molecule has 0 radical (unpaired) electrons. The predicted molar refractivity (Wildman–Crippen MR) is 105 cm³/mol. The minimum atomic E-state index is -0.139. The van der Waals surface area contributed by atoms with E-state index >= 15 is 0 Å². The Balaban J connectivity index is 1.42. The first kappa shape index (κ1) is 18.6. The number of carbonyl (C=O) groups excluding carboxylic acids is 1. The number of nitrogens with zero attached hydrogens (tertiary/aromatic N) is 1. The van der Waals surface area contributed by atoms with Crippen molar-refractivity contribution in [2.75, 3.05) is 13.7 Å². The third-order valence-electron chi connectivity index (χ3n) is 4.37. The van der Waals surface area contributed by atoms with E-state index in [4.69, 9.17) is 4.74 Å². The van der Waals surface area contributed by atoms with E-state index in [-0.39, 0.29) is 11.5 Å². The Kier molecular flexibility index (Phi) is 6.20. The van der Waals surface area contributed by atoms with Crippen molar-refractivity contribution < 1.29 is 9.53 Å². The smallest absolute Gasteiger partial charge is 0.258 e. The van der Waals surface area contributed by atoms with Crippen molar-refractivity contribution in [2.45, 2.75) is 25.7 Å². The van der Waals surface area contributed by atoms with E-state index in [1.54, 1.807) is 13.2 Å². The monoisotopic (exact) mass is 365 g/mol. The molecular formula is C21H23N3O3. The molecule has 2 aromatic carbocycles. The zero-order valence-electron chi connectivity index (χ0n) is 15.3. The molecule has 3 rings (SSSR count). The number of ether oxygens (including phenoxy) is 1. The van der Waals surface area contributed by atoms with Gasteiger partial charge in [0, 0.05) is 19.4 Å². The number of aromatic amines is 1. The van der Waals surface area contributed by atoms with E-state index in [0.29, 0.717) is 42.5 Å². The Labute approximate surface area is 157 Å². The number of para-hydroxylation sites is 1. The molecule has 1 aromatic heterocycles. The van der Waals surface area contributed by atoms with Gasteiger partial charge in [-0.2, -0.15) is 0 Å². The van der Waals surface area contributed by atoms with Crippen molar-refractivity contribution in [3.05, 3.63) is 70.3 Å². The summed E-state index contributed by atoms with van der Waals surface area (Å²) in [5, 5.41) is 3.51. The van der Waals surface area contributed by atoms with Gasteiger partial charge in [-0.25, -0.2) is 4.98 Å². The standard InChI is InChI=1S/C21H23N3O3/c1-27-16-11-9-15(10-12-16)13-14-22-20(25)8-4-7-19-23-18-6-3-2-5-17(18)21(26)24-19/h2-3,5-6,9-12H,4,7-8,13-14H2,1H3,(H,22,25)(H,23,24,26). The maximum atomic E-state index is 12.0. The van der Waals surface area contributed by atoms with Gasteiger partial charge < -0.3 is 15.0 Å². The van der Waals surface area contributed by atoms with Crippen LogP contribution in [-0.4, -0.2) is 29.5 Å². The summed E-state index contributed by atoms with van der Waals surface area (Å²) in [7, 11) is 1.64. The molecule has 6 nitrogen and oxygen atoms in total. The van der Waals surface area contributed by atoms with E-state index in [1.165, 1.54) is 0 Å². The molecule has 0 saturated carbocycles. The third-order valence-corrected chi connectivity index (χ3v) is 4.37. The number of fused-ring (bicyclic) bond motifs is 1. The van der Waals surface area contributed by atoms with Crippen molar-refractivity contribution in [3.8, 4) is 5.75 Å². The first-order chi connectivity index (χ1) is 13.2. The minimum Gasteiger partial charge on any atom is -0.497 e. The average Bonchev–Trinajstić information content (AvgIpc) is 2.68. The number of rotatable bonds is 8. The normalized spacial score (nSPS) is 10.7. The number of nitrogens with one attached hydrogen (secondary N) is 2. The lowest BCUT2D eigenvalue weighted by Gasteiger charge is -2.06. The van der Waals surface area contributed by atoms with Crippen LogP contribution < -0.4 is 15.6 Å². The molecule has 0 atom stereocenters. The van der Waals surface area contributed by atoms with Gasteiger partial charge in [-0.15, -0.1) is 0 Å². The van der Waals surface area contributed by atoms with Gasteiger partial charge in [0.2, 0.25) is 5.91 Å². The Morgan fingerprint density at radius 2 is 1.89 bits per heavy atom. The quantitative estimate of drug-likeness (QED) is 0.643. The van der Waals surface area contributed by atoms with Gasteiger partial charge in [-0.3, -0.25) is 9.59 Å². The number of H-pyrrole nitrogens is 1. The second kappa shape index (κ2) is 8.98. The first-order valence-electron chi connectivity index (χ1n) is 9.03. The lowest BCUT2D eigenvalue weighted by molar-refractivity contribution is -0.121. The molecule has 2 N–H and O–H groups in total. The molecule has 0 bridgehead atoms. The van der Waals surface area contributed by atoms with E-state index in [0.717, 1.165) is 17.7 Å². The second-order valence-corrected chi connectivity index (χ2v) is 6.33. The number of hydrogen-bond acceptors (Lipinski definition) is 4. The molecule has 3 aromatic rings. The summed E-state index contributed by atoms with van der Waals surface area (Å²) in [6.45, 7) is 0.593. The summed E-state index contributed by atoms with van der Waals surface area (Å²) in [6.07, 6.45) is 2.37. The highest BCUT2D eigenvalue weighted by molar-refractivity contribution is 5.77. The van der Waals surface area contributed by atoms with E-state index in [1.807, 2.05) is 42.5 Å². The summed E-state index contributed by atoms with van der Waals surface area (Å²) in [5.41, 5.74) is 1.69. The van der Waals surface area contributed by atoms with Crippen LogP contribution in [0.4, 0.5) is 0 Å². The van der Waals surface area contributed by atoms with Gasteiger partial charge in [0.15, 0.2) is 0 Å². The molecule has 0 aliphatic heterocycles. The Morgan fingerprint density at radius 1 is 1.11 bits per heavy atom. The highest BCUT2D eigenvalue weighted by Crippen LogP contribution is 2.11. The highest BCUT2D eigenvalue weighted by Gasteiger charge is 2.05. The van der Waals surface area contributed by atoms with E-state index in [2.05, 4.69) is 15.3 Å². The predicted octanol–water partition coefficient (Wildman–Crippen LogP) is 2.61. The number of benzene rings is 2. The van der Waals surface area contributed by atoms with Crippen molar-refractivity contribution in [1.29, 1.82) is 0 Å². The third kappa shape index (κ3) is 5.17. The first-order valence-corrected chi connectivity index (χ1v) is 9.03. The summed E-state index contributed by atoms with van der Waals surface area (Å²) >= 11 is 0. The lowest BCUT2D eigenvalue weighted by atomic mass is 10.1. The number of hydrogen-bond donors (Lipinski definition) is 2. The van der Waals surface area contributed by atoms with Gasteiger partial charge in [-0.05, 0) is 42.7 Å². The maximum absolute atomic E-state index is 12.0. The van der Waals surface area contributed by atoms with Gasteiger partial charge in [0.1, 0.15) is 11.6 Å². The molecule has 0 aliphatic rings. The molecule has 0 spiro atoms. The Morgan fingerprint density at radius 3 is 2.67 bits per heavy atom. The van der Waals surface area contributed by atoms with Gasteiger partial charge in [0.25, 0.3) is 5.56 Å². The van der Waals surface area contributed by atoms with Gasteiger partial charge in [0.05, 0.1) is 18.0 Å². The van der Waals surface area contributed by atoms with Crippen LogP contribution in [0.1, 0.15) is 24.2 Å². The summed E-state index contributed by atoms with van der Waals surface area (Å²) in [5.74, 6) is 1.44. The Bertz CT molecular complexity index is 964. The van der Waals surface area contributed by atoms with Crippen LogP contribution in [0.5, 0.6) is 5.75 Å². The van der Waals surface area contributed by atoms with Crippen LogP contribution in [0.3, 0.4) is 0 Å². The van der Waals surface area contributed by atoms with Crippen LogP contribution in [0.25, 0.3) is 10.9 Å². The minimum absolute atomic E-state index is 0.00616. The van der Waals surface area contributed by atoms with Crippen molar-refractivity contribution in [1.82, 2.24) is 15.3 Å². The molecule has 1 amide bonds. The highest BCUT2D eigenvalue weighted by atomic mass is 16.5. The van der Waals surface area contributed by atoms with Crippen molar-refractivity contribution in [3.63, 3.8) is 0 Å². The van der Waals surface area contributed by atoms with Crippen LogP contribution in [-0.2, 0) is 17.6 Å². The van der Waals surface area contributed by atoms with Crippen LogP contribution >= 0.6 is 0 Å². The van der Waals surface area contributed by atoms with Gasteiger partial charge in [-0.1, -0.05) is 24.3 Å². The molecule has 27 heavy (non-hydrogen) atoms. The number of aromatic nitrogens is 2. The van der Waals surface area contributed by atoms with Crippen molar-refractivity contribution in [2.24, 2.45) is 0 Å². The number of aryl methyl sites for hydroxylation is 1. The number of amides is 1. The number of methoxy groups -OCH3 is 1. The summed E-state index contributed by atoms with van der Waals surface area (Å²) in [6, 6.07) is 15.0. The fourth-order valence-electron chi connectivity index (χ4n) is 2.90. The van der Waals surface area contributed by atoms with E-state index in [9.17, 15) is 9.59 Å². The van der Waals surface area contributed by atoms with Crippen LogP contribution in [0.2, 0.25) is 0 Å². The summed E-state index contributed by atoms with van der Waals surface area (Å²) < 4.78 is 5.13. The van der Waals surface area contributed by atoms with Crippen molar-refractivity contribution >= 4 is 16.8 Å². The zero-order chi connectivity index (χ0) is 19.1. The molecule has 1 heterocycles. The SMILES string of the molecule is COc1ccc(CCNC(=O)CCCc2nc3ccccc3c(=O)[nH]2)cc1. The molecule has 0 unspecified atom stereocenters. The average molecular weight is 365 g/mol. The number of carbonyl (C=O) groups is 1. The molecule has 140 valence electrons. The fourth-order valence-corrected chi connectivity index (χ4v) is 2.90. The van der Waals surface area contributed by atoms with E-state index < -0.39 is 0 Å². The lowest BCUT2D eigenvalue weighted by Crippen LogP contribution is -2.25. The summed E-state index contributed by atoms with van der Waals surface area (Å²) in [4.78, 5) is 31.3. The zero-order valence-corrected chi connectivity index (χ0v) is 15.3. The topological polar surface area (TPSA) is 84.1 Å². The largest absolute Gasteiger partial charge is 0.497 e. The van der Waals surface area contributed by atoms with Crippen LogP contribution in [0, 0.1) is 0 Å². The van der Waals surface area contributed by atoms with Crippen LogP contribution in [0.15, 0.2) is 53.3 Å². The fraction of sp³-hybridized carbons (Fsp3) is 0.286. The van der Waals surface area contributed by atoms with Gasteiger partial charge >= 0.3 is 0 Å². The maximum Gasteiger partial charge on any atom is 0.258 e. The molecule has 0 fully saturated rings. The molecule has 6 heteroatoms. The molecule has 0 aliphatic carbocycles. The second-order valence-electron chi connectivity index (χ2n) is 6.33.